The number of rotatable bonds is 4. The number of hydrogen-bond donors (Lipinski definition) is 1. The maximum atomic E-state index is 12.8. The molecule has 0 atom stereocenters. The lowest BCUT2D eigenvalue weighted by Crippen LogP contribution is -2.32. The summed E-state index contributed by atoms with van der Waals surface area (Å²) in [5.41, 5.74) is 2.33. The summed E-state index contributed by atoms with van der Waals surface area (Å²) in [4.78, 5) is 23.5. The van der Waals surface area contributed by atoms with Gasteiger partial charge in [-0.3, -0.25) is 4.79 Å². The van der Waals surface area contributed by atoms with Crippen LogP contribution in [0.4, 0.5) is 5.95 Å². The van der Waals surface area contributed by atoms with Gasteiger partial charge >= 0.3 is 0 Å². The van der Waals surface area contributed by atoms with Crippen LogP contribution in [0.2, 0.25) is 5.02 Å². The summed E-state index contributed by atoms with van der Waals surface area (Å²) in [5, 5.41) is 3.90. The molecule has 5 nitrogen and oxygen atoms in total. The maximum absolute atomic E-state index is 12.8. The van der Waals surface area contributed by atoms with E-state index in [4.69, 9.17) is 11.6 Å². The van der Waals surface area contributed by atoms with Crippen molar-refractivity contribution >= 4 is 23.5 Å². The highest BCUT2D eigenvalue weighted by Gasteiger charge is 2.19. The minimum atomic E-state index is 0.00180. The Morgan fingerprint density at radius 2 is 1.80 bits per heavy atom. The first-order chi connectivity index (χ1) is 12.1. The molecule has 6 heteroatoms. The quantitative estimate of drug-likeness (QED) is 0.895. The molecule has 1 saturated heterocycles. The van der Waals surface area contributed by atoms with Gasteiger partial charge in [-0.1, -0.05) is 36.6 Å². The molecule has 0 aliphatic carbocycles. The smallest absolute Gasteiger partial charge is 0.272 e. The van der Waals surface area contributed by atoms with Gasteiger partial charge in [0.05, 0.1) is 0 Å². The van der Waals surface area contributed by atoms with Crippen LogP contribution in [0.3, 0.4) is 0 Å². The van der Waals surface area contributed by atoms with Crippen LogP contribution in [-0.2, 0) is 6.54 Å². The Labute approximate surface area is 153 Å². The zero-order chi connectivity index (χ0) is 17.6. The van der Waals surface area contributed by atoms with E-state index in [9.17, 15) is 4.79 Å². The SMILES string of the molecule is Cc1cc(C(=O)N2CCCCCC2)nc(NCc2ccc(Cl)cc2)n1. The van der Waals surface area contributed by atoms with Crippen molar-refractivity contribution in [3.05, 3.63) is 52.3 Å². The number of carbonyl (C=O) groups excluding carboxylic acids is 1. The predicted molar refractivity (Wildman–Crippen MR) is 99.9 cm³/mol. The largest absolute Gasteiger partial charge is 0.350 e. The third-order valence-electron chi connectivity index (χ3n) is 4.33. The Hall–Kier alpha value is -2.14. The first-order valence-corrected chi connectivity index (χ1v) is 9.13. The van der Waals surface area contributed by atoms with E-state index in [1.54, 1.807) is 6.07 Å². The van der Waals surface area contributed by atoms with Gasteiger partial charge in [-0.25, -0.2) is 9.97 Å². The van der Waals surface area contributed by atoms with Gasteiger partial charge in [-0.05, 0) is 43.5 Å². The minimum absolute atomic E-state index is 0.00180. The van der Waals surface area contributed by atoms with Crippen molar-refractivity contribution in [3.63, 3.8) is 0 Å². The molecule has 1 aliphatic heterocycles. The second kappa shape index (κ2) is 8.30. The average molecular weight is 359 g/mol. The van der Waals surface area contributed by atoms with Crippen molar-refractivity contribution in [1.29, 1.82) is 0 Å². The molecule has 1 amide bonds. The minimum Gasteiger partial charge on any atom is -0.350 e. The van der Waals surface area contributed by atoms with Crippen molar-refractivity contribution in [2.24, 2.45) is 0 Å². The van der Waals surface area contributed by atoms with E-state index in [0.717, 1.165) is 37.2 Å². The summed E-state index contributed by atoms with van der Waals surface area (Å²) in [6.07, 6.45) is 4.52. The van der Waals surface area contributed by atoms with Crippen LogP contribution in [0.25, 0.3) is 0 Å². The van der Waals surface area contributed by atoms with E-state index in [2.05, 4.69) is 15.3 Å². The molecule has 2 aromatic rings. The molecule has 1 aromatic carbocycles. The van der Waals surface area contributed by atoms with Crippen LogP contribution in [0.15, 0.2) is 30.3 Å². The number of amides is 1. The number of likely N-dealkylation sites (tertiary alicyclic amines) is 1. The molecule has 0 radical (unpaired) electrons. The van der Waals surface area contributed by atoms with Crippen LogP contribution in [0, 0.1) is 6.92 Å². The van der Waals surface area contributed by atoms with Crippen LogP contribution in [0.1, 0.15) is 47.4 Å². The Bertz CT molecular complexity index is 725. The van der Waals surface area contributed by atoms with Crippen molar-refractivity contribution in [2.75, 3.05) is 18.4 Å². The molecule has 0 unspecified atom stereocenters. The standard InChI is InChI=1S/C19H23ClN4O/c1-14-12-17(18(25)24-10-4-2-3-5-11-24)23-19(22-14)21-13-15-6-8-16(20)9-7-15/h6-9,12H,2-5,10-11,13H2,1H3,(H,21,22,23). The molecule has 1 aliphatic rings. The lowest BCUT2D eigenvalue weighted by molar-refractivity contribution is 0.0755. The highest BCUT2D eigenvalue weighted by molar-refractivity contribution is 6.30. The van der Waals surface area contributed by atoms with Gasteiger partial charge in [0.15, 0.2) is 0 Å². The number of benzene rings is 1. The zero-order valence-corrected chi connectivity index (χ0v) is 15.2. The van der Waals surface area contributed by atoms with E-state index in [1.165, 1.54) is 12.8 Å². The van der Waals surface area contributed by atoms with E-state index >= 15 is 0 Å². The van der Waals surface area contributed by atoms with Crippen molar-refractivity contribution in [3.8, 4) is 0 Å². The molecule has 0 saturated carbocycles. The van der Waals surface area contributed by atoms with E-state index < -0.39 is 0 Å². The lowest BCUT2D eigenvalue weighted by Gasteiger charge is -2.20. The van der Waals surface area contributed by atoms with Gasteiger partial charge in [0.2, 0.25) is 5.95 Å². The number of carbonyl (C=O) groups is 1. The fourth-order valence-corrected chi connectivity index (χ4v) is 3.10. The summed E-state index contributed by atoms with van der Waals surface area (Å²) in [6.45, 7) is 4.09. The number of halogens is 1. The average Bonchev–Trinajstić information content (AvgIpc) is 2.89. The third kappa shape index (κ3) is 4.92. The number of anilines is 1. The van der Waals surface area contributed by atoms with E-state index in [-0.39, 0.29) is 5.91 Å². The molecule has 1 N–H and O–H groups in total. The van der Waals surface area contributed by atoms with Gasteiger partial charge in [-0.15, -0.1) is 0 Å². The highest BCUT2D eigenvalue weighted by atomic mass is 35.5. The van der Waals surface area contributed by atoms with Gasteiger partial charge < -0.3 is 10.2 Å². The Morgan fingerprint density at radius 3 is 2.48 bits per heavy atom. The molecule has 2 heterocycles. The van der Waals surface area contributed by atoms with Crippen LogP contribution >= 0.6 is 11.6 Å². The Balaban J connectivity index is 1.71. The first-order valence-electron chi connectivity index (χ1n) is 8.75. The van der Waals surface area contributed by atoms with Crippen LogP contribution in [0.5, 0.6) is 0 Å². The summed E-state index contributed by atoms with van der Waals surface area (Å²) < 4.78 is 0. The monoisotopic (exact) mass is 358 g/mol. The molecule has 1 aromatic heterocycles. The summed E-state index contributed by atoms with van der Waals surface area (Å²) in [7, 11) is 0. The second-order valence-electron chi connectivity index (χ2n) is 6.40. The number of hydrogen-bond acceptors (Lipinski definition) is 4. The van der Waals surface area contributed by atoms with Gasteiger partial charge in [-0.2, -0.15) is 0 Å². The third-order valence-corrected chi connectivity index (χ3v) is 4.58. The number of nitrogens with zero attached hydrogens (tertiary/aromatic N) is 3. The number of aromatic nitrogens is 2. The zero-order valence-electron chi connectivity index (χ0n) is 14.5. The van der Waals surface area contributed by atoms with Crippen molar-refractivity contribution in [1.82, 2.24) is 14.9 Å². The van der Waals surface area contributed by atoms with Gasteiger partial charge in [0.25, 0.3) is 5.91 Å². The molecule has 0 spiro atoms. The van der Waals surface area contributed by atoms with Crippen LogP contribution in [-0.4, -0.2) is 33.9 Å². The van der Waals surface area contributed by atoms with Crippen LogP contribution < -0.4 is 5.32 Å². The van der Waals surface area contributed by atoms with E-state index in [0.29, 0.717) is 23.2 Å². The molecule has 25 heavy (non-hydrogen) atoms. The fraction of sp³-hybridized carbons (Fsp3) is 0.421. The predicted octanol–water partition coefficient (Wildman–Crippen LogP) is 4.07. The molecular formula is C19H23ClN4O. The van der Waals surface area contributed by atoms with Gasteiger partial charge in [0.1, 0.15) is 5.69 Å². The number of nitrogens with one attached hydrogen (secondary N) is 1. The number of aryl methyl sites for hydroxylation is 1. The summed E-state index contributed by atoms with van der Waals surface area (Å²) >= 11 is 5.90. The summed E-state index contributed by atoms with van der Waals surface area (Å²) in [6, 6.07) is 9.37. The maximum Gasteiger partial charge on any atom is 0.272 e. The highest BCUT2D eigenvalue weighted by Crippen LogP contribution is 2.15. The van der Waals surface area contributed by atoms with Crippen molar-refractivity contribution < 1.29 is 4.79 Å². The molecule has 3 rings (SSSR count). The van der Waals surface area contributed by atoms with Crippen molar-refractivity contribution in [2.45, 2.75) is 39.2 Å². The Kier molecular flexibility index (Phi) is 5.87. The molecule has 132 valence electrons. The fourth-order valence-electron chi connectivity index (χ4n) is 2.98. The summed E-state index contributed by atoms with van der Waals surface area (Å²) in [5.74, 6) is 0.482. The Morgan fingerprint density at radius 1 is 1.12 bits per heavy atom. The molecule has 1 fully saturated rings. The topological polar surface area (TPSA) is 58.1 Å². The first kappa shape index (κ1) is 17.7. The van der Waals surface area contributed by atoms with E-state index in [1.807, 2.05) is 36.1 Å². The normalized spacial score (nSPS) is 14.9. The lowest BCUT2D eigenvalue weighted by atomic mass is 10.2. The van der Waals surface area contributed by atoms with Gasteiger partial charge in [0, 0.05) is 30.4 Å². The molecular weight excluding hydrogens is 336 g/mol. The molecule has 0 bridgehead atoms. The second-order valence-corrected chi connectivity index (χ2v) is 6.84.